The molecule has 26 heavy (non-hydrogen) atoms. The summed E-state index contributed by atoms with van der Waals surface area (Å²) in [4.78, 5) is 28.1. The van der Waals surface area contributed by atoms with Crippen LogP contribution in [0.5, 0.6) is 0 Å². The quantitative estimate of drug-likeness (QED) is 0.815. The minimum absolute atomic E-state index is 0.0636. The monoisotopic (exact) mass is 356 g/mol. The molecule has 2 bridgehead atoms. The zero-order valence-corrected chi connectivity index (χ0v) is 15.4. The molecule has 138 valence electrons. The average Bonchev–Trinajstić information content (AvgIpc) is 2.87. The molecule has 0 spiro atoms. The summed E-state index contributed by atoms with van der Waals surface area (Å²) in [5.41, 5.74) is 1.75. The van der Waals surface area contributed by atoms with Crippen LogP contribution >= 0.6 is 0 Å². The summed E-state index contributed by atoms with van der Waals surface area (Å²) >= 11 is 0. The Bertz CT molecular complexity index is 862. The third-order valence-corrected chi connectivity index (χ3v) is 5.97. The highest BCUT2D eigenvalue weighted by molar-refractivity contribution is 5.92. The fourth-order valence-corrected chi connectivity index (χ4v) is 4.16. The molecule has 3 fully saturated rings. The number of piperazine rings is 3. The van der Waals surface area contributed by atoms with Crippen molar-refractivity contribution in [2.45, 2.75) is 6.92 Å². The van der Waals surface area contributed by atoms with E-state index < -0.39 is 0 Å². The van der Waals surface area contributed by atoms with Gasteiger partial charge in [0.2, 0.25) is 0 Å². The van der Waals surface area contributed by atoms with Crippen molar-refractivity contribution >= 4 is 11.6 Å². The van der Waals surface area contributed by atoms with Gasteiger partial charge in [-0.05, 0) is 19.1 Å². The number of nitrogens with one attached hydrogen (secondary N) is 1. The Hall–Kier alpha value is -2.38. The van der Waals surface area contributed by atoms with E-state index in [1.54, 1.807) is 9.36 Å². The third-order valence-electron chi connectivity index (χ3n) is 5.97. The normalized spacial score (nSPS) is 24.6. The Morgan fingerprint density at radius 3 is 2.35 bits per heavy atom. The van der Waals surface area contributed by atoms with Gasteiger partial charge in [-0.2, -0.15) is 0 Å². The third kappa shape index (κ3) is 2.87. The van der Waals surface area contributed by atoms with Crippen LogP contribution in [-0.4, -0.2) is 70.5 Å². The van der Waals surface area contributed by atoms with Crippen molar-refractivity contribution in [2.24, 2.45) is 7.05 Å². The molecule has 3 aliphatic rings. The standard InChI is InChI=1S/C19H25N5O2/c1-15-18(19(26)23(21(15)2)16-6-4-3-5-7-16)20-17(25)14-24-11-8-22(9-12-24)10-13-24/h3-7H,8-14H2,1-2H3/p+1. The number of benzene rings is 1. The van der Waals surface area contributed by atoms with Gasteiger partial charge in [0.1, 0.15) is 5.69 Å². The molecule has 0 atom stereocenters. The van der Waals surface area contributed by atoms with E-state index in [1.165, 1.54) is 0 Å². The first-order valence-corrected chi connectivity index (χ1v) is 9.20. The number of anilines is 1. The number of aromatic nitrogens is 2. The molecule has 3 saturated heterocycles. The van der Waals surface area contributed by atoms with Crippen LogP contribution in [0.3, 0.4) is 0 Å². The highest BCUT2D eigenvalue weighted by Gasteiger charge is 2.40. The molecule has 4 heterocycles. The number of hydrogen-bond acceptors (Lipinski definition) is 3. The Balaban J connectivity index is 1.57. The number of quaternary nitrogens is 1. The van der Waals surface area contributed by atoms with Crippen LogP contribution in [0.25, 0.3) is 5.69 Å². The predicted octanol–water partition coefficient (Wildman–Crippen LogP) is 0.569. The Morgan fingerprint density at radius 1 is 1.12 bits per heavy atom. The second kappa shape index (κ2) is 6.41. The molecule has 1 aromatic carbocycles. The van der Waals surface area contributed by atoms with Crippen molar-refractivity contribution in [3.8, 4) is 5.69 Å². The Morgan fingerprint density at radius 2 is 1.73 bits per heavy atom. The summed E-state index contributed by atoms with van der Waals surface area (Å²) in [6.45, 7) is 8.59. The number of amides is 1. The second-order valence-corrected chi connectivity index (χ2v) is 7.50. The van der Waals surface area contributed by atoms with Crippen LogP contribution in [-0.2, 0) is 11.8 Å². The van der Waals surface area contributed by atoms with Crippen molar-refractivity contribution in [2.75, 3.05) is 51.1 Å². The lowest BCUT2D eigenvalue weighted by Gasteiger charge is -2.50. The van der Waals surface area contributed by atoms with E-state index in [9.17, 15) is 9.59 Å². The summed E-state index contributed by atoms with van der Waals surface area (Å²) in [6.07, 6.45) is 0. The molecule has 1 aromatic heterocycles. The maximum Gasteiger partial charge on any atom is 0.295 e. The molecule has 2 aromatic rings. The number of rotatable bonds is 4. The smallest absolute Gasteiger partial charge is 0.295 e. The molecule has 0 aliphatic carbocycles. The molecular formula is C19H26N5O2+. The summed E-state index contributed by atoms with van der Waals surface area (Å²) in [6, 6.07) is 9.48. The molecule has 0 saturated carbocycles. The van der Waals surface area contributed by atoms with Gasteiger partial charge in [-0.3, -0.25) is 19.2 Å². The molecular weight excluding hydrogens is 330 g/mol. The number of nitrogens with zero attached hydrogens (tertiary/aromatic N) is 4. The van der Waals surface area contributed by atoms with Crippen molar-refractivity contribution in [3.05, 3.63) is 46.4 Å². The van der Waals surface area contributed by atoms with E-state index in [2.05, 4.69) is 10.2 Å². The number of para-hydroxylation sites is 1. The molecule has 7 heteroatoms. The van der Waals surface area contributed by atoms with Gasteiger partial charge in [-0.1, -0.05) is 18.2 Å². The zero-order chi connectivity index (χ0) is 18.3. The molecule has 0 radical (unpaired) electrons. The fraction of sp³-hybridized carbons (Fsp3) is 0.474. The predicted molar refractivity (Wildman–Crippen MR) is 101 cm³/mol. The van der Waals surface area contributed by atoms with Crippen LogP contribution in [0.2, 0.25) is 0 Å². The van der Waals surface area contributed by atoms with Gasteiger partial charge in [0.05, 0.1) is 31.0 Å². The summed E-state index contributed by atoms with van der Waals surface area (Å²) in [5, 5.41) is 2.91. The van der Waals surface area contributed by atoms with Crippen molar-refractivity contribution in [1.82, 2.24) is 14.3 Å². The van der Waals surface area contributed by atoms with Gasteiger partial charge < -0.3 is 9.80 Å². The van der Waals surface area contributed by atoms with Crippen LogP contribution in [0.1, 0.15) is 5.69 Å². The molecule has 5 rings (SSSR count). The Labute approximate surface area is 153 Å². The first-order chi connectivity index (χ1) is 12.5. The molecule has 1 amide bonds. The summed E-state index contributed by atoms with van der Waals surface area (Å²) in [5.74, 6) is -0.0636. The Kier molecular flexibility index (Phi) is 4.20. The lowest BCUT2D eigenvalue weighted by Crippen LogP contribution is -2.68. The number of hydrogen-bond donors (Lipinski definition) is 1. The van der Waals surface area contributed by atoms with Crippen molar-refractivity contribution in [3.63, 3.8) is 0 Å². The average molecular weight is 356 g/mol. The molecule has 0 unspecified atom stereocenters. The van der Waals surface area contributed by atoms with Crippen LogP contribution < -0.4 is 10.9 Å². The minimum atomic E-state index is -0.187. The SMILES string of the molecule is Cc1c(NC(=O)C[N+]23CCN(CC2)CC3)c(=O)n(-c2ccccc2)n1C. The largest absolute Gasteiger partial charge is 0.315 e. The summed E-state index contributed by atoms with van der Waals surface area (Å²) < 4.78 is 4.23. The zero-order valence-electron chi connectivity index (χ0n) is 15.4. The van der Waals surface area contributed by atoms with Gasteiger partial charge in [0.15, 0.2) is 6.54 Å². The van der Waals surface area contributed by atoms with E-state index in [4.69, 9.17) is 0 Å². The fourth-order valence-electron chi connectivity index (χ4n) is 4.16. The van der Waals surface area contributed by atoms with E-state index in [0.29, 0.717) is 12.2 Å². The second-order valence-electron chi connectivity index (χ2n) is 7.50. The van der Waals surface area contributed by atoms with Gasteiger partial charge in [0.25, 0.3) is 11.5 Å². The first-order valence-electron chi connectivity index (χ1n) is 9.20. The van der Waals surface area contributed by atoms with Gasteiger partial charge in [-0.15, -0.1) is 0 Å². The molecule has 3 aliphatic heterocycles. The highest BCUT2D eigenvalue weighted by Crippen LogP contribution is 2.20. The highest BCUT2D eigenvalue weighted by atomic mass is 16.2. The number of fused-ring (bicyclic) bond motifs is 3. The summed E-state index contributed by atoms with van der Waals surface area (Å²) in [7, 11) is 1.84. The number of carbonyl (C=O) groups is 1. The van der Waals surface area contributed by atoms with Gasteiger partial charge in [-0.25, -0.2) is 4.68 Å². The van der Waals surface area contributed by atoms with E-state index in [1.807, 2.05) is 44.3 Å². The van der Waals surface area contributed by atoms with Crippen molar-refractivity contribution in [1.29, 1.82) is 0 Å². The maximum atomic E-state index is 12.9. The maximum absolute atomic E-state index is 12.9. The van der Waals surface area contributed by atoms with E-state index >= 15 is 0 Å². The van der Waals surface area contributed by atoms with Crippen molar-refractivity contribution < 1.29 is 9.28 Å². The number of carbonyl (C=O) groups excluding carboxylic acids is 1. The molecule has 1 N–H and O–H groups in total. The van der Waals surface area contributed by atoms with Gasteiger partial charge >= 0.3 is 0 Å². The lowest BCUT2D eigenvalue weighted by atomic mass is 10.1. The van der Waals surface area contributed by atoms with Gasteiger partial charge in [0, 0.05) is 26.7 Å². The van der Waals surface area contributed by atoms with Crippen LogP contribution in [0, 0.1) is 6.92 Å². The van der Waals surface area contributed by atoms with Crippen LogP contribution in [0.4, 0.5) is 5.69 Å². The lowest BCUT2D eigenvalue weighted by molar-refractivity contribution is -0.933. The topological polar surface area (TPSA) is 59.3 Å². The van der Waals surface area contributed by atoms with E-state index in [0.717, 1.165) is 55.1 Å². The first kappa shape index (κ1) is 17.1. The molecule has 7 nitrogen and oxygen atoms in total. The van der Waals surface area contributed by atoms with E-state index in [-0.39, 0.29) is 11.5 Å². The minimum Gasteiger partial charge on any atom is -0.315 e. The van der Waals surface area contributed by atoms with Crippen LogP contribution in [0.15, 0.2) is 35.1 Å².